The number of guanidine groups is 1. The molecule has 0 bridgehead atoms. The lowest BCUT2D eigenvalue weighted by Crippen LogP contribution is -2.61. The third kappa shape index (κ3) is 29.7. The molecular weight excluding hydrogens is 1670 g/mol. The van der Waals surface area contributed by atoms with Crippen LogP contribution in [0.3, 0.4) is 0 Å². The van der Waals surface area contributed by atoms with Crippen molar-refractivity contribution in [2.45, 2.75) is 214 Å². The van der Waals surface area contributed by atoms with Crippen LogP contribution >= 0.6 is 21.6 Å². The van der Waals surface area contributed by atoms with E-state index in [1.54, 1.807) is 0 Å². The van der Waals surface area contributed by atoms with Gasteiger partial charge < -0.3 is 132 Å². The number of nitrogens with two attached hydrogens (primary N) is 4. The Bertz CT molecular complexity index is 4460. The molecular formula is C80H112N22O21S2. The number of aromatic nitrogens is 2. The highest BCUT2D eigenvalue weighted by Crippen LogP contribution is 2.29. The van der Waals surface area contributed by atoms with Crippen molar-refractivity contribution in [2.75, 3.05) is 50.8 Å². The van der Waals surface area contributed by atoms with Gasteiger partial charge in [0.05, 0.1) is 24.7 Å². The minimum absolute atomic E-state index is 0.00889. The Morgan fingerprint density at radius 3 is 1.71 bits per heavy atom. The molecule has 8 rings (SSSR count). The third-order valence-electron chi connectivity index (χ3n) is 21.4. The summed E-state index contributed by atoms with van der Waals surface area (Å²) >= 11 is 0. The number of phenolic OH excluding ortho intramolecular Hbond substituents is 3. The maximum Gasteiger partial charge on any atom is 0.326 e. The molecule has 15 atom stereocenters. The number of imidazole rings is 1. The van der Waals surface area contributed by atoms with Gasteiger partial charge in [0.1, 0.15) is 102 Å². The minimum Gasteiger partial charge on any atom is -0.508 e. The Labute approximate surface area is 727 Å². The van der Waals surface area contributed by atoms with Crippen molar-refractivity contribution in [3.63, 3.8) is 0 Å². The van der Waals surface area contributed by atoms with Crippen molar-refractivity contribution in [1.29, 1.82) is 5.41 Å². The van der Waals surface area contributed by atoms with E-state index in [4.69, 9.17) is 28.3 Å². The molecule has 0 spiro atoms. The summed E-state index contributed by atoms with van der Waals surface area (Å²) in [7, 11) is 1.64. The molecule has 125 heavy (non-hydrogen) atoms. The zero-order valence-corrected chi connectivity index (χ0v) is 70.7. The second kappa shape index (κ2) is 48.1. The Hall–Kier alpha value is -12.4. The van der Waals surface area contributed by atoms with Gasteiger partial charge in [0.2, 0.25) is 88.6 Å². The number of aliphatic carboxylic acids is 1. The van der Waals surface area contributed by atoms with Gasteiger partial charge in [-0.1, -0.05) is 58.0 Å². The number of unbranched alkanes of at least 4 members (excludes halogenated alkanes) is 1. The number of H-pyrrole nitrogens is 1. The molecule has 0 saturated carbocycles. The smallest absolute Gasteiger partial charge is 0.326 e. The summed E-state index contributed by atoms with van der Waals surface area (Å²) in [6, 6.07) is -5.93. The first kappa shape index (κ1) is 98.1. The number of aromatic hydroxyl groups is 3. The molecule has 0 radical (unpaired) electrons. The number of aliphatic hydroxyl groups excluding tert-OH is 1. The average molecular weight is 1780 g/mol. The van der Waals surface area contributed by atoms with E-state index in [9.17, 15) is 73.5 Å². The van der Waals surface area contributed by atoms with Crippen LogP contribution in [-0.2, 0) is 102 Å². The second-order valence-electron chi connectivity index (χ2n) is 30.9. The zero-order chi connectivity index (χ0) is 91.1. The lowest BCUT2D eigenvalue weighted by atomic mass is 10.0. The number of carboxylic acid groups (broad SMARTS) is 1. The second-order valence-corrected chi connectivity index (χ2v) is 33.5. The van der Waals surface area contributed by atoms with Crippen LogP contribution in [0.1, 0.15) is 120 Å². The van der Waals surface area contributed by atoms with Gasteiger partial charge in [-0.15, -0.1) is 0 Å². The van der Waals surface area contributed by atoms with Crippen molar-refractivity contribution >= 4 is 122 Å². The molecule has 4 aromatic rings. The Morgan fingerprint density at radius 1 is 0.584 bits per heavy atom. The highest BCUT2D eigenvalue weighted by atomic mass is 33.1. The van der Waals surface area contributed by atoms with Crippen LogP contribution in [0.15, 0.2) is 85.3 Å². The van der Waals surface area contributed by atoms with Crippen LogP contribution in [0.25, 0.3) is 0 Å². The van der Waals surface area contributed by atoms with Crippen molar-refractivity contribution < 1.29 is 102 Å². The molecule has 1 aromatic heterocycles. The van der Waals surface area contributed by atoms with Crippen LogP contribution in [0.5, 0.6) is 17.2 Å². The van der Waals surface area contributed by atoms with Crippen molar-refractivity contribution in [1.82, 2.24) is 88.5 Å². The normalized spacial score (nSPS) is 22.0. The van der Waals surface area contributed by atoms with E-state index in [2.05, 4.69) is 73.8 Å². The molecule has 0 aliphatic carbocycles. The first-order chi connectivity index (χ1) is 59.6. The van der Waals surface area contributed by atoms with Gasteiger partial charge in [-0.3, -0.25) is 77.3 Å². The van der Waals surface area contributed by atoms with E-state index in [-0.39, 0.29) is 133 Å². The first-order valence-corrected chi connectivity index (χ1v) is 43.6. The molecule has 27 N–H and O–H groups in total. The molecule has 5 heterocycles. The number of benzene rings is 3. The molecule has 4 aliphatic heterocycles. The molecule has 680 valence electrons. The lowest BCUT2D eigenvalue weighted by molar-refractivity contribution is -0.148. The number of hydrogen-bond donors (Lipinski definition) is 23. The number of nitrogens with zero attached hydrogens (tertiary/aromatic N) is 4. The van der Waals surface area contributed by atoms with E-state index < -0.39 is 229 Å². The summed E-state index contributed by atoms with van der Waals surface area (Å²) in [5, 5.41) is 90.2. The Balaban J connectivity index is 1.09. The number of phenols is 3. The number of aromatic amines is 1. The Morgan fingerprint density at radius 2 is 1.13 bits per heavy atom. The van der Waals surface area contributed by atoms with Gasteiger partial charge in [-0.05, 0) is 151 Å². The fraction of sp³-hybridized carbons (Fsp3) is 0.525. The van der Waals surface area contributed by atoms with E-state index >= 15 is 28.8 Å². The van der Waals surface area contributed by atoms with Crippen LogP contribution in [0, 0.1) is 5.41 Å². The summed E-state index contributed by atoms with van der Waals surface area (Å²) < 4.78 is 0. The number of carboxylic acids is 1. The van der Waals surface area contributed by atoms with Gasteiger partial charge in [0.25, 0.3) is 0 Å². The Kier molecular flexibility index (Phi) is 37.7. The van der Waals surface area contributed by atoms with E-state index in [0.29, 0.717) is 29.7 Å². The van der Waals surface area contributed by atoms with E-state index in [1.165, 1.54) is 114 Å². The number of rotatable bonds is 35. The number of amides is 15. The molecule has 43 nitrogen and oxygen atoms in total. The molecule has 45 heteroatoms. The molecule has 15 unspecified atom stereocenters. The minimum atomic E-state index is -1.80. The fourth-order valence-corrected chi connectivity index (χ4v) is 16.9. The molecule has 4 aliphatic rings. The average Bonchev–Trinajstić information content (AvgIpc) is 1.67. The number of nitrogens with one attached hydrogen (secondary N) is 14. The predicted octanol–water partition coefficient (Wildman–Crippen LogP) is -5.40. The number of aliphatic hydroxyl groups is 1. The van der Waals surface area contributed by atoms with E-state index in [0.717, 1.165) is 21.6 Å². The third-order valence-corrected chi connectivity index (χ3v) is 23.8. The zero-order valence-electron chi connectivity index (χ0n) is 69.1. The molecule has 15 amide bonds. The summed E-state index contributed by atoms with van der Waals surface area (Å²) in [5.41, 5.74) is 24.5. The quantitative estimate of drug-likeness (QED) is 0.00885. The van der Waals surface area contributed by atoms with Crippen molar-refractivity contribution in [3.8, 4) is 17.2 Å². The molecule has 4 saturated heterocycles. The number of carbonyl (C=O) groups excluding carboxylic acids is 15. The first-order valence-electron chi connectivity index (χ1n) is 41.1. The predicted molar refractivity (Wildman–Crippen MR) is 453 cm³/mol. The topological polar surface area (TPSA) is 685 Å². The number of hydrogen-bond acceptors (Lipinski definition) is 26. The maximum atomic E-state index is 15.5. The van der Waals surface area contributed by atoms with Crippen molar-refractivity contribution in [3.05, 3.63) is 108 Å². The van der Waals surface area contributed by atoms with Gasteiger partial charge in [0, 0.05) is 76.0 Å². The lowest BCUT2D eigenvalue weighted by Gasteiger charge is -2.34. The molecule has 4 fully saturated rings. The largest absolute Gasteiger partial charge is 0.508 e. The number of primary amides is 1. The van der Waals surface area contributed by atoms with Crippen LogP contribution in [0.2, 0.25) is 0 Å². The van der Waals surface area contributed by atoms with Gasteiger partial charge in [-0.2, -0.15) is 0 Å². The summed E-state index contributed by atoms with van der Waals surface area (Å²) in [5.74, 6) is -17.1. The summed E-state index contributed by atoms with van der Waals surface area (Å²) in [4.78, 5) is 241. The number of carbonyl (C=O) groups is 16. The van der Waals surface area contributed by atoms with E-state index in [1.807, 2.05) is 0 Å². The van der Waals surface area contributed by atoms with Crippen LogP contribution in [0.4, 0.5) is 0 Å². The van der Waals surface area contributed by atoms with Crippen molar-refractivity contribution in [2.24, 2.45) is 22.9 Å². The summed E-state index contributed by atoms with van der Waals surface area (Å²) in [6.45, 7) is 1.77. The van der Waals surface area contributed by atoms with Crippen LogP contribution < -0.4 is 86.7 Å². The highest BCUT2D eigenvalue weighted by Gasteiger charge is 2.46. The van der Waals surface area contributed by atoms with Gasteiger partial charge in [0.15, 0.2) is 5.96 Å². The molecule has 3 aromatic carbocycles. The summed E-state index contributed by atoms with van der Waals surface area (Å²) in [6.07, 6.45) is 1.95. The van der Waals surface area contributed by atoms with Crippen LogP contribution in [-0.4, -0.2) is 292 Å². The highest BCUT2D eigenvalue weighted by molar-refractivity contribution is 8.76. The maximum absolute atomic E-state index is 15.5. The fourth-order valence-electron chi connectivity index (χ4n) is 14.6. The number of likely N-dealkylation sites (tertiary alicyclic amines) is 2. The monoisotopic (exact) mass is 1780 g/mol. The SMILES string of the molecule is CC(N)C(=O)NC1CSSCC(C(=O)NC(Cc2ccc(O)cc2)C(=O)NC(CCC(N)=O)C(=O)NC(CCCCN)C(=O)N2CCCC2C(=O)N2CCCC2C(=O)NC(Cc2ccc(O)cc2)C(=O)NC(Cc2c[nH]cn2)C(=O)O)NC(=O)C(Cc2ccc(O)cc2)NC(=O)C(CCCNC(=N)N)NC(=O)C2CCCN2C(=O)C(C)NC(=O)C(CO)NC1=O. The van der Waals surface area contributed by atoms with Gasteiger partial charge in [-0.25, -0.2) is 9.78 Å². The van der Waals surface area contributed by atoms with Gasteiger partial charge >= 0.3 is 5.97 Å². The standard InChI is InChI=1S/C80H112N22O21S2/c1-42(82)65(108)98-59-39-124-125-40-60(99-70(113)55(34-45-16-22-49(105)23-17-45)93-66(109)51(10-5-29-87-80(84)85)91-74(117)61-11-6-30-100(61)76(119)43(2)89-71(114)58(38-103)97-73(59)116)72(115)94-54(33-44-14-20-48(104)21-15-44)68(111)90-52(26-27-64(83)107)67(110)92-53(9-3-4-28-81)77(120)102-32-8-13-63(102)78(121)101-31-7-12-62(101)75(118)95-56(35-46-18-24-50(106)25-19-46)69(112)96-57(79(122)123)36-47-37-86-41-88-47/h14-25,37,41-43,51-63,103-106H,3-13,26-36,38-40,81-82H2,1-2H3,(H2,83,107)(H,86,88)(H,89,114)(H,90,111)(H,91,117)(H,92,110)(H,93,109)(H,94,115)(H,95,118)(H,96,112)(H,97,116)(H,98,108)(H,99,113)(H,122,123)(H4,84,85,87). The number of fused-ring (bicyclic) bond motifs is 1.